The van der Waals surface area contributed by atoms with Gasteiger partial charge in [0, 0.05) is 12.5 Å². The van der Waals surface area contributed by atoms with E-state index in [4.69, 9.17) is 0 Å². The predicted octanol–water partition coefficient (Wildman–Crippen LogP) is 4.17. The quantitative estimate of drug-likeness (QED) is 0.831. The minimum absolute atomic E-state index is 0.412. The SMILES string of the molecule is CC(C)Cc1nnc(NC(C)CCc2ccccc2)s1. The smallest absolute Gasteiger partial charge is 0.205 e. The van der Waals surface area contributed by atoms with E-state index in [1.54, 1.807) is 11.3 Å². The molecule has 2 rings (SSSR count). The second-order valence-corrected chi connectivity index (χ2v) is 6.73. The zero-order chi connectivity index (χ0) is 14.4. The van der Waals surface area contributed by atoms with Crippen molar-refractivity contribution < 1.29 is 0 Å². The molecule has 0 radical (unpaired) electrons. The highest BCUT2D eigenvalue weighted by Gasteiger charge is 2.09. The molecule has 1 aromatic carbocycles. The molecule has 0 fully saturated rings. The highest BCUT2D eigenvalue weighted by atomic mass is 32.1. The Bertz CT molecular complexity index is 507. The maximum atomic E-state index is 4.23. The van der Waals surface area contributed by atoms with Gasteiger partial charge >= 0.3 is 0 Å². The van der Waals surface area contributed by atoms with Gasteiger partial charge in [0.2, 0.25) is 5.13 Å². The second kappa shape index (κ2) is 7.39. The molecular formula is C16H23N3S. The molecular weight excluding hydrogens is 266 g/mol. The first-order valence-corrected chi connectivity index (χ1v) is 8.08. The Balaban J connectivity index is 1.79. The summed E-state index contributed by atoms with van der Waals surface area (Å²) in [6.45, 7) is 6.61. The normalized spacial score (nSPS) is 12.6. The molecule has 20 heavy (non-hydrogen) atoms. The number of hydrogen-bond donors (Lipinski definition) is 1. The van der Waals surface area contributed by atoms with Crippen LogP contribution in [0.15, 0.2) is 30.3 Å². The molecule has 0 spiro atoms. The number of hydrogen-bond acceptors (Lipinski definition) is 4. The van der Waals surface area contributed by atoms with Crippen LogP contribution in [0.25, 0.3) is 0 Å². The Morgan fingerprint density at radius 3 is 2.55 bits per heavy atom. The molecule has 0 aliphatic carbocycles. The highest BCUT2D eigenvalue weighted by molar-refractivity contribution is 7.15. The Hall–Kier alpha value is -1.42. The van der Waals surface area contributed by atoms with Crippen molar-refractivity contribution in [1.82, 2.24) is 10.2 Å². The van der Waals surface area contributed by atoms with Gasteiger partial charge in [-0.15, -0.1) is 10.2 Å². The van der Waals surface area contributed by atoms with Gasteiger partial charge in [-0.1, -0.05) is 55.5 Å². The summed E-state index contributed by atoms with van der Waals surface area (Å²) >= 11 is 1.68. The molecule has 0 aliphatic heterocycles. The molecule has 1 heterocycles. The summed E-state index contributed by atoms with van der Waals surface area (Å²) in [7, 11) is 0. The first kappa shape index (κ1) is 15.0. The number of nitrogens with zero attached hydrogens (tertiary/aromatic N) is 2. The van der Waals surface area contributed by atoms with Crippen molar-refractivity contribution in [3.8, 4) is 0 Å². The van der Waals surface area contributed by atoms with Crippen molar-refractivity contribution in [2.24, 2.45) is 5.92 Å². The molecule has 3 nitrogen and oxygen atoms in total. The van der Waals surface area contributed by atoms with Crippen LogP contribution < -0.4 is 5.32 Å². The van der Waals surface area contributed by atoms with E-state index in [9.17, 15) is 0 Å². The lowest BCUT2D eigenvalue weighted by atomic mass is 10.1. The van der Waals surface area contributed by atoms with Crippen molar-refractivity contribution in [1.29, 1.82) is 0 Å². The second-order valence-electron chi connectivity index (χ2n) is 5.67. The van der Waals surface area contributed by atoms with Gasteiger partial charge in [0.15, 0.2) is 0 Å². The average Bonchev–Trinajstić information content (AvgIpc) is 2.84. The third-order valence-corrected chi connectivity index (χ3v) is 4.01. The summed E-state index contributed by atoms with van der Waals surface area (Å²) in [5.41, 5.74) is 1.39. The lowest BCUT2D eigenvalue weighted by Gasteiger charge is -2.12. The molecule has 1 N–H and O–H groups in total. The maximum absolute atomic E-state index is 4.23. The predicted molar refractivity (Wildman–Crippen MR) is 86.3 cm³/mol. The molecule has 0 aliphatic rings. The van der Waals surface area contributed by atoms with E-state index in [1.807, 2.05) is 0 Å². The molecule has 2 aromatic rings. The standard InChI is InChI=1S/C16H23N3S/c1-12(2)11-15-18-19-16(20-15)17-13(3)9-10-14-7-5-4-6-8-14/h4-8,12-13H,9-11H2,1-3H3,(H,17,19). The van der Waals surface area contributed by atoms with Crippen molar-refractivity contribution >= 4 is 16.5 Å². The minimum atomic E-state index is 0.412. The fraction of sp³-hybridized carbons (Fsp3) is 0.500. The summed E-state index contributed by atoms with van der Waals surface area (Å²) < 4.78 is 0. The number of anilines is 1. The summed E-state index contributed by atoms with van der Waals surface area (Å²) in [6.07, 6.45) is 3.20. The minimum Gasteiger partial charge on any atom is -0.358 e. The van der Waals surface area contributed by atoms with Crippen LogP contribution in [0.1, 0.15) is 37.8 Å². The molecule has 0 bridgehead atoms. The fourth-order valence-electron chi connectivity index (χ4n) is 2.05. The Morgan fingerprint density at radius 2 is 1.85 bits per heavy atom. The zero-order valence-electron chi connectivity index (χ0n) is 12.5. The number of benzene rings is 1. The summed E-state index contributed by atoms with van der Waals surface area (Å²) in [6, 6.07) is 11.0. The average molecular weight is 289 g/mol. The van der Waals surface area contributed by atoms with E-state index in [-0.39, 0.29) is 0 Å². The van der Waals surface area contributed by atoms with Crippen LogP contribution in [0.5, 0.6) is 0 Å². The van der Waals surface area contributed by atoms with Gasteiger partial charge in [-0.05, 0) is 31.2 Å². The lowest BCUT2D eigenvalue weighted by Crippen LogP contribution is -2.15. The van der Waals surface area contributed by atoms with Crippen molar-refractivity contribution in [3.63, 3.8) is 0 Å². The molecule has 1 aromatic heterocycles. The van der Waals surface area contributed by atoms with E-state index < -0.39 is 0 Å². The van der Waals surface area contributed by atoms with E-state index in [1.165, 1.54) is 5.56 Å². The van der Waals surface area contributed by atoms with Crippen molar-refractivity contribution in [2.75, 3.05) is 5.32 Å². The van der Waals surface area contributed by atoms with Gasteiger partial charge in [-0.2, -0.15) is 0 Å². The Labute approximate surface area is 125 Å². The largest absolute Gasteiger partial charge is 0.358 e. The molecule has 0 amide bonds. The van der Waals surface area contributed by atoms with E-state index in [2.05, 4.69) is 66.6 Å². The van der Waals surface area contributed by atoms with E-state index in [0.717, 1.165) is 29.4 Å². The Kier molecular flexibility index (Phi) is 5.53. The first-order valence-electron chi connectivity index (χ1n) is 7.26. The molecule has 108 valence electrons. The van der Waals surface area contributed by atoms with Gasteiger partial charge < -0.3 is 5.32 Å². The van der Waals surface area contributed by atoms with Crippen LogP contribution >= 0.6 is 11.3 Å². The zero-order valence-corrected chi connectivity index (χ0v) is 13.3. The number of rotatable bonds is 7. The summed E-state index contributed by atoms with van der Waals surface area (Å²) in [4.78, 5) is 0. The summed E-state index contributed by atoms with van der Waals surface area (Å²) in [5.74, 6) is 0.631. The van der Waals surface area contributed by atoms with Crippen molar-refractivity contribution in [2.45, 2.75) is 46.1 Å². The van der Waals surface area contributed by atoms with Crippen LogP contribution in [0, 0.1) is 5.92 Å². The molecule has 0 saturated carbocycles. The first-order chi connectivity index (χ1) is 9.63. The lowest BCUT2D eigenvalue weighted by molar-refractivity contribution is 0.639. The van der Waals surface area contributed by atoms with Crippen LogP contribution in [-0.4, -0.2) is 16.2 Å². The number of aryl methyl sites for hydroxylation is 1. The topological polar surface area (TPSA) is 37.8 Å². The number of nitrogens with one attached hydrogen (secondary N) is 1. The van der Waals surface area contributed by atoms with E-state index >= 15 is 0 Å². The molecule has 4 heteroatoms. The van der Waals surface area contributed by atoms with Crippen LogP contribution in [0.3, 0.4) is 0 Å². The molecule has 1 atom stereocenters. The van der Waals surface area contributed by atoms with Gasteiger partial charge in [0.05, 0.1) is 0 Å². The van der Waals surface area contributed by atoms with Gasteiger partial charge in [0.1, 0.15) is 5.01 Å². The third kappa shape index (κ3) is 4.93. The fourth-order valence-corrected chi connectivity index (χ4v) is 3.12. The third-order valence-electron chi connectivity index (χ3n) is 3.13. The molecule has 1 unspecified atom stereocenters. The molecule has 0 saturated heterocycles. The maximum Gasteiger partial charge on any atom is 0.205 e. The number of aromatic nitrogens is 2. The van der Waals surface area contributed by atoms with Crippen LogP contribution in [-0.2, 0) is 12.8 Å². The van der Waals surface area contributed by atoms with Crippen LogP contribution in [0.2, 0.25) is 0 Å². The van der Waals surface area contributed by atoms with Gasteiger partial charge in [-0.25, -0.2) is 0 Å². The van der Waals surface area contributed by atoms with Crippen LogP contribution in [0.4, 0.5) is 5.13 Å². The van der Waals surface area contributed by atoms with E-state index in [0.29, 0.717) is 12.0 Å². The Morgan fingerprint density at radius 1 is 1.10 bits per heavy atom. The van der Waals surface area contributed by atoms with Crippen molar-refractivity contribution in [3.05, 3.63) is 40.9 Å². The van der Waals surface area contributed by atoms with Gasteiger partial charge in [-0.3, -0.25) is 0 Å². The summed E-state index contributed by atoms with van der Waals surface area (Å²) in [5, 5.41) is 14.0. The monoisotopic (exact) mass is 289 g/mol. The highest BCUT2D eigenvalue weighted by Crippen LogP contribution is 2.19. The van der Waals surface area contributed by atoms with Gasteiger partial charge in [0.25, 0.3) is 0 Å².